The Bertz CT molecular complexity index is 753. The van der Waals surface area contributed by atoms with Crippen molar-refractivity contribution in [3.05, 3.63) is 11.6 Å². The summed E-state index contributed by atoms with van der Waals surface area (Å²) < 4.78 is 33.8. The fourth-order valence-corrected chi connectivity index (χ4v) is 4.14. The maximum Gasteiger partial charge on any atom is 0.216 e. The Labute approximate surface area is 168 Å². The van der Waals surface area contributed by atoms with Crippen LogP contribution < -0.4 is 5.32 Å². The highest BCUT2D eigenvalue weighted by atomic mass is 32.2. The molecule has 0 spiro atoms. The maximum atomic E-state index is 12.5. The monoisotopic (exact) mass is 415 g/mol. The largest absolute Gasteiger partial charge is 0.378 e. The van der Waals surface area contributed by atoms with Gasteiger partial charge in [-0.25, -0.2) is 13.4 Å². The van der Waals surface area contributed by atoms with Gasteiger partial charge in [0.05, 0.1) is 18.5 Å². The molecular weight excluding hydrogens is 382 g/mol. The molecule has 0 unspecified atom stereocenters. The molecule has 0 radical (unpaired) electrons. The zero-order chi connectivity index (χ0) is 20.7. The molecule has 1 saturated heterocycles. The number of nitrogens with one attached hydrogen (secondary N) is 1. The topological polar surface area (TPSA) is 105 Å². The summed E-state index contributed by atoms with van der Waals surface area (Å²) in [5, 5.41) is 11.5. The van der Waals surface area contributed by atoms with E-state index in [1.54, 1.807) is 4.31 Å². The van der Waals surface area contributed by atoms with Gasteiger partial charge < -0.3 is 19.5 Å². The lowest BCUT2D eigenvalue weighted by Crippen LogP contribution is -2.54. The molecule has 160 valence electrons. The number of guanidine groups is 1. The molecule has 2 heterocycles. The van der Waals surface area contributed by atoms with Crippen LogP contribution >= 0.6 is 0 Å². The molecule has 1 aromatic rings. The quantitative estimate of drug-likeness (QED) is 0.469. The molecule has 1 aliphatic heterocycles. The van der Waals surface area contributed by atoms with E-state index in [1.807, 2.05) is 39.3 Å². The van der Waals surface area contributed by atoms with E-state index >= 15 is 0 Å². The number of piperazine rings is 1. The third-order valence-corrected chi connectivity index (χ3v) is 6.45. The third kappa shape index (κ3) is 6.14. The van der Waals surface area contributed by atoms with Crippen LogP contribution in [0, 0.1) is 6.92 Å². The average molecular weight is 416 g/mol. The highest BCUT2D eigenvalue weighted by Crippen LogP contribution is 2.10. The van der Waals surface area contributed by atoms with Crippen LogP contribution in [0.15, 0.2) is 4.99 Å². The number of ether oxygens (including phenoxy) is 1. The third-order valence-electron chi connectivity index (χ3n) is 4.61. The molecule has 1 N–H and O–H groups in total. The van der Waals surface area contributed by atoms with Crippen LogP contribution in [-0.4, -0.2) is 89.5 Å². The zero-order valence-corrected chi connectivity index (χ0v) is 18.4. The lowest BCUT2D eigenvalue weighted by molar-refractivity contribution is 0.0904. The molecule has 1 aliphatic rings. The molecule has 0 atom stereocenters. The lowest BCUT2D eigenvalue weighted by atomic mass is 10.4. The summed E-state index contributed by atoms with van der Waals surface area (Å²) in [4.78, 5) is 6.74. The number of hydrogen-bond donors (Lipinski definition) is 1. The van der Waals surface area contributed by atoms with Crippen molar-refractivity contribution in [3.8, 4) is 0 Å². The van der Waals surface area contributed by atoms with Crippen LogP contribution in [0.5, 0.6) is 0 Å². The SMILES string of the molecule is CCNC(=NCc1nnc(C)n1C)N1CCN(S(=O)(=O)CCOC(C)C)CC1. The van der Waals surface area contributed by atoms with Crippen LogP contribution in [0.25, 0.3) is 0 Å². The smallest absolute Gasteiger partial charge is 0.216 e. The maximum absolute atomic E-state index is 12.5. The van der Waals surface area contributed by atoms with Crippen molar-refractivity contribution in [2.24, 2.45) is 12.0 Å². The van der Waals surface area contributed by atoms with Gasteiger partial charge in [-0.05, 0) is 27.7 Å². The molecule has 1 fully saturated rings. The number of aryl methyl sites for hydroxylation is 1. The first-order valence-corrected chi connectivity index (χ1v) is 11.3. The Balaban J connectivity index is 1.94. The lowest BCUT2D eigenvalue weighted by Gasteiger charge is -2.35. The molecule has 0 aliphatic carbocycles. The summed E-state index contributed by atoms with van der Waals surface area (Å²) in [6, 6.07) is 0. The van der Waals surface area contributed by atoms with Crippen molar-refractivity contribution in [1.82, 2.24) is 29.3 Å². The second kappa shape index (κ2) is 10.2. The fourth-order valence-electron chi connectivity index (χ4n) is 2.86. The van der Waals surface area contributed by atoms with Crippen LogP contribution in [0.1, 0.15) is 32.4 Å². The number of sulfonamides is 1. The van der Waals surface area contributed by atoms with Gasteiger partial charge in [-0.1, -0.05) is 0 Å². The normalized spacial score (nSPS) is 16.8. The summed E-state index contributed by atoms with van der Waals surface area (Å²) >= 11 is 0. The Morgan fingerprint density at radius 1 is 1.25 bits per heavy atom. The van der Waals surface area contributed by atoms with Crippen molar-refractivity contribution in [2.75, 3.05) is 45.1 Å². The van der Waals surface area contributed by atoms with Gasteiger partial charge in [-0.2, -0.15) is 4.31 Å². The van der Waals surface area contributed by atoms with E-state index in [0.29, 0.717) is 32.7 Å². The predicted molar refractivity (Wildman–Crippen MR) is 109 cm³/mol. The second-order valence-electron chi connectivity index (χ2n) is 7.01. The highest BCUT2D eigenvalue weighted by Gasteiger charge is 2.28. The minimum Gasteiger partial charge on any atom is -0.378 e. The first kappa shape index (κ1) is 22.6. The number of aromatic nitrogens is 3. The Hall–Kier alpha value is -1.72. The molecule has 0 bridgehead atoms. The standard InChI is InChI=1S/C17H33N7O3S/c1-6-18-17(19-13-16-21-20-15(4)22(16)5)23-7-9-24(10-8-23)28(25,26)12-11-27-14(2)3/h14H,6-13H2,1-5H3,(H,18,19). The second-order valence-corrected chi connectivity index (χ2v) is 9.10. The van der Waals surface area contributed by atoms with Crippen molar-refractivity contribution in [3.63, 3.8) is 0 Å². The molecule has 0 saturated carbocycles. The van der Waals surface area contributed by atoms with Crippen LogP contribution in [0.2, 0.25) is 0 Å². The first-order valence-electron chi connectivity index (χ1n) is 9.72. The van der Waals surface area contributed by atoms with Crippen LogP contribution in [-0.2, 0) is 28.4 Å². The highest BCUT2D eigenvalue weighted by molar-refractivity contribution is 7.89. The average Bonchev–Trinajstić information content (AvgIpc) is 2.97. The van der Waals surface area contributed by atoms with Crippen molar-refractivity contribution < 1.29 is 13.2 Å². The van der Waals surface area contributed by atoms with E-state index in [2.05, 4.69) is 25.4 Å². The molecule has 0 amide bonds. The van der Waals surface area contributed by atoms with E-state index < -0.39 is 10.0 Å². The molecule has 2 rings (SSSR count). The Morgan fingerprint density at radius 3 is 2.46 bits per heavy atom. The van der Waals surface area contributed by atoms with Crippen molar-refractivity contribution in [2.45, 2.75) is 40.3 Å². The van der Waals surface area contributed by atoms with Gasteiger partial charge in [-0.15, -0.1) is 10.2 Å². The van der Waals surface area contributed by atoms with Gasteiger partial charge in [-0.3, -0.25) is 0 Å². The summed E-state index contributed by atoms with van der Waals surface area (Å²) in [5.41, 5.74) is 0. The number of aliphatic imine (C=N–C) groups is 1. The summed E-state index contributed by atoms with van der Waals surface area (Å²) in [7, 11) is -1.38. The molecule has 0 aromatic carbocycles. The van der Waals surface area contributed by atoms with Crippen LogP contribution in [0.4, 0.5) is 0 Å². The minimum absolute atomic E-state index is 0.0187. The van der Waals surface area contributed by atoms with E-state index in [9.17, 15) is 8.42 Å². The number of rotatable bonds is 8. The summed E-state index contributed by atoms with van der Waals surface area (Å²) in [5.74, 6) is 2.42. The number of nitrogens with zero attached hydrogens (tertiary/aromatic N) is 6. The Kier molecular flexibility index (Phi) is 8.20. The van der Waals surface area contributed by atoms with Crippen LogP contribution in [0.3, 0.4) is 0 Å². The van der Waals surface area contributed by atoms with Gasteiger partial charge in [0, 0.05) is 39.8 Å². The molecule has 11 heteroatoms. The van der Waals surface area contributed by atoms with Crippen molar-refractivity contribution in [1.29, 1.82) is 0 Å². The molecule has 10 nitrogen and oxygen atoms in total. The van der Waals surface area contributed by atoms with E-state index in [0.717, 1.165) is 24.2 Å². The van der Waals surface area contributed by atoms with E-state index in [1.165, 1.54) is 0 Å². The van der Waals surface area contributed by atoms with Gasteiger partial charge in [0.15, 0.2) is 11.8 Å². The summed E-state index contributed by atoms with van der Waals surface area (Å²) in [6.07, 6.45) is 0.0311. The minimum atomic E-state index is -3.30. The fraction of sp³-hybridized carbons (Fsp3) is 0.824. The van der Waals surface area contributed by atoms with Gasteiger partial charge in [0.2, 0.25) is 10.0 Å². The van der Waals surface area contributed by atoms with Gasteiger partial charge >= 0.3 is 0 Å². The zero-order valence-electron chi connectivity index (χ0n) is 17.6. The van der Waals surface area contributed by atoms with Crippen molar-refractivity contribution >= 4 is 16.0 Å². The van der Waals surface area contributed by atoms with Gasteiger partial charge in [0.25, 0.3) is 0 Å². The Morgan fingerprint density at radius 2 is 1.93 bits per heavy atom. The van der Waals surface area contributed by atoms with E-state index in [-0.39, 0.29) is 18.5 Å². The first-order chi connectivity index (χ1) is 13.2. The van der Waals surface area contributed by atoms with Gasteiger partial charge in [0.1, 0.15) is 12.4 Å². The molecular formula is C17H33N7O3S. The number of hydrogen-bond acceptors (Lipinski definition) is 6. The molecule has 1 aromatic heterocycles. The summed E-state index contributed by atoms with van der Waals surface area (Å²) in [6.45, 7) is 11.2. The molecule has 28 heavy (non-hydrogen) atoms. The predicted octanol–water partition coefficient (Wildman–Crippen LogP) is -0.0386. The van der Waals surface area contributed by atoms with E-state index in [4.69, 9.17) is 4.74 Å².